The Hall–Kier alpha value is -1.86. The van der Waals surface area contributed by atoms with Crippen LogP contribution in [0.5, 0.6) is 0 Å². The quantitative estimate of drug-likeness (QED) is 0.835. The Bertz CT molecular complexity index is 671. The molecule has 0 bridgehead atoms. The molecular weight excluding hydrogens is 330 g/mol. The van der Waals surface area contributed by atoms with Gasteiger partial charge in [0.25, 0.3) is 5.91 Å². The maximum absolute atomic E-state index is 13.3. The molecule has 2 N–H and O–H groups in total. The number of amides is 1. The van der Waals surface area contributed by atoms with E-state index in [1.54, 1.807) is 0 Å². The predicted octanol–water partition coefficient (Wildman–Crippen LogP) is 0.833. The summed E-state index contributed by atoms with van der Waals surface area (Å²) in [5.41, 5.74) is 1.32. The van der Waals surface area contributed by atoms with Crippen molar-refractivity contribution in [3.63, 3.8) is 0 Å². The predicted molar refractivity (Wildman–Crippen MR) is 104 cm³/mol. The summed E-state index contributed by atoms with van der Waals surface area (Å²) in [6.07, 6.45) is 1.81. The Kier molecular flexibility index (Phi) is 6.32. The Labute approximate surface area is 155 Å². The van der Waals surface area contributed by atoms with Crippen LogP contribution in [0.2, 0.25) is 0 Å². The van der Waals surface area contributed by atoms with Gasteiger partial charge in [-0.1, -0.05) is 13.8 Å². The lowest BCUT2D eigenvalue weighted by molar-refractivity contribution is 0.0734. The summed E-state index contributed by atoms with van der Waals surface area (Å²) < 4.78 is 0. The number of aromatic nitrogens is 1. The van der Waals surface area contributed by atoms with Gasteiger partial charge >= 0.3 is 0 Å². The summed E-state index contributed by atoms with van der Waals surface area (Å²) in [4.78, 5) is 34.9. The Morgan fingerprint density at radius 2 is 1.65 bits per heavy atom. The number of hydrogen-bond donors (Lipinski definition) is 2. The maximum Gasteiger partial charge on any atom is 0.254 e. The minimum atomic E-state index is -0.212. The summed E-state index contributed by atoms with van der Waals surface area (Å²) in [6.45, 7) is 12.4. The van der Waals surface area contributed by atoms with Crippen molar-refractivity contribution < 1.29 is 4.79 Å². The molecule has 3 rings (SSSR count). The first kappa shape index (κ1) is 18.9. The van der Waals surface area contributed by atoms with Crippen LogP contribution >= 0.6 is 0 Å². The smallest absolute Gasteiger partial charge is 0.254 e. The van der Waals surface area contributed by atoms with Crippen molar-refractivity contribution in [2.75, 3.05) is 64.2 Å². The number of H-pyrrole nitrogens is 1. The number of aromatic amines is 1. The zero-order valence-corrected chi connectivity index (χ0v) is 16.0. The molecule has 0 spiro atoms. The van der Waals surface area contributed by atoms with Gasteiger partial charge in [0.2, 0.25) is 5.56 Å². The Morgan fingerprint density at radius 1 is 1.04 bits per heavy atom. The molecule has 1 amide bonds. The van der Waals surface area contributed by atoms with E-state index in [9.17, 15) is 9.59 Å². The molecule has 1 aromatic heterocycles. The van der Waals surface area contributed by atoms with E-state index in [0.29, 0.717) is 18.7 Å². The summed E-state index contributed by atoms with van der Waals surface area (Å²) >= 11 is 0. The van der Waals surface area contributed by atoms with Crippen LogP contribution in [-0.2, 0) is 6.42 Å². The van der Waals surface area contributed by atoms with Crippen LogP contribution in [0.4, 0.5) is 5.82 Å². The monoisotopic (exact) mass is 361 g/mol. The standard InChI is InChI=1S/C19H31N5O2/c1-3-22-8-9-23(4-2)11-13-24(12-10-22)19(26)16-14-17(25)21-18-15(16)6-5-7-20-18/h14H,3-13H2,1-2H3,(H2,20,21,25). The number of pyridine rings is 1. The second-order valence-electron chi connectivity index (χ2n) is 7.09. The molecule has 0 atom stereocenters. The number of fused-ring (bicyclic) bond motifs is 1. The molecule has 0 radical (unpaired) electrons. The highest BCUT2D eigenvalue weighted by molar-refractivity contribution is 5.97. The summed E-state index contributed by atoms with van der Waals surface area (Å²) in [5, 5.41) is 3.22. The third-order valence-corrected chi connectivity index (χ3v) is 5.57. The lowest BCUT2D eigenvalue weighted by Gasteiger charge is -2.27. The number of nitrogens with zero attached hydrogens (tertiary/aromatic N) is 3. The summed E-state index contributed by atoms with van der Waals surface area (Å²) in [6, 6.07) is 1.48. The fourth-order valence-electron chi connectivity index (χ4n) is 3.82. The number of carbonyl (C=O) groups is 1. The van der Waals surface area contributed by atoms with Crippen LogP contribution in [0.25, 0.3) is 0 Å². The van der Waals surface area contributed by atoms with E-state index in [0.717, 1.165) is 70.0 Å². The topological polar surface area (TPSA) is 71.7 Å². The third kappa shape index (κ3) is 4.27. The van der Waals surface area contributed by atoms with Crippen LogP contribution in [0.3, 0.4) is 0 Å². The van der Waals surface area contributed by atoms with Crippen LogP contribution in [0.1, 0.15) is 36.2 Å². The van der Waals surface area contributed by atoms with E-state index in [1.807, 2.05) is 4.90 Å². The van der Waals surface area contributed by atoms with Gasteiger partial charge in [-0.2, -0.15) is 0 Å². The molecule has 144 valence electrons. The van der Waals surface area contributed by atoms with Gasteiger partial charge in [-0.25, -0.2) is 0 Å². The number of nitrogens with one attached hydrogen (secondary N) is 2. The Balaban J connectivity index is 1.85. The van der Waals surface area contributed by atoms with Gasteiger partial charge in [0, 0.05) is 57.4 Å². The van der Waals surface area contributed by atoms with E-state index in [2.05, 4.69) is 33.9 Å². The minimum Gasteiger partial charge on any atom is -0.371 e. The first-order valence-corrected chi connectivity index (χ1v) is 9.86. The average Bonchev–Trinajstić information content (AvgIpc) is 2.76. The molecule has 7 heteroatoms. The zero-order chi connectivity index (χ0) is 18.5. The van der Waals surface area contributed by atoms with Crippen molar-refractivity contribution in [2.24, 2.45) is 0 Å². The van der Waals surface area contributed by atoms with Gasteiger partial charge in [0.1, 0.15) is 5.82 Å². The molecule has 0 aromatic carbocycles. The van der Waals surface area contributed by atoms with Crippen molar-refractivity contribution >= 4 is 11.7 Å². The number of anilines is 1. The van der Waals surface area contributed by atoms with E-state index < -0.39 is 0 Å². The second-order valence-corrected chi connectivity index (χ2v) is 7.09. The van der Waals surface area contributed by atoms with Crippen molar-refractivity contribution in [1.29, 1.82) is 0 Å². The molecule has 0 saturated carbocycles. The lowest BCUT2D eigenvalue weighted by Crippen LogP contribution is -2.41. The lowest BCUT2D eigenvalue weighted by atomic mass is 10.00. The van der Waals surface area contributed by atoms with Crippen LogP contribution in [0, 0.1) is 0 Å². The van der Waals surface area contributed by atoms with Crippen LogP contribution in [0.15, 0.2) is 10.9 Å². The maximum atomic E-state index is 13.3. The average molecular weight is 361 g/mol. The minimum absolute atomic E-state index is 0.00921. The number of likely N-dealkylation sites (N-methyl/N-ethyl adjacent to an activating group) is 2. The van der Waals surface area contributed by atoms with E-state index in [1.165, 1.54) is 6.07 Å². The number of hydrogen-bond acceptors (Lipinski definition) is 5. The molecular formula is C19H31N5O2. The van der Waals surface area contributed by atoms with Crippen LogP contribution < -0.4 is 10.9 Å². The van der Waals surface area contributed by atoms with E-state index >= 15 is 0 Å². The highest BCUT2D eigenvalue weighted by Crippen LogP contribution is 2.23. The van der Waals surface area contributed by atoms with Gasteiger partial charge in [-0.15, -0.1) is 0 Å². The molecule has 1 saturated heterocycles. The van der Waals surface area contributed by atoms with Gasteiger partial charge < -0.3 is 25.0 Å². The van der Waals surface area contributed by atoms with Gasteiger partial charge in [-0.3, -0.25) is 9.59 Å². The van der Waals surface area contributed by atoms with E-state index in [-0.39, 0.29) is 11.5 Å². The Morgan fingerprint density at radius 3 is 2.27 bits per heavy atom. The molecule has 2 aliphatic heterocycles. The van der Waals surface area contributed by atoms with Crippen molar-refractivity contribution in [1.82, 2.24) is 19.7 Å². The highest BCUT2D eigenvalue weighted by Gasteiger charge is 2.25. The highest BCUT2D eigenvalue weighted by atomic mass is 16.2. The fourth-order valence-corrected chi connectivity index (χ4v) is 3.82. The molecule has 3 heterocycles. The molecule has 2 aliphatic rings. The molecule has 1 fully saturated rings. The van der Waals surface area contributed by atoms with Crippen molar-refractivity contribution in [3.05, 3.63) is 27.5 Å². The summed E-state index contributed by atoms with van der Waals surface area (Å²) in [7, 11) is 0. The molecule has 1 aromatic rings. The third-order valence-electron chi connectivity index (χ3n) is 5.57. The van der Waals surface area contributed by atoms with Gasteiger partial charge in [-0.05, 0) is 25.9 Å². The van der Waals surface area contributed by atoms with Gasteiger partial charge in [0.05, 0.1) is 5.56 Å². The number of carbonyl (C=O) groups excluding carboxylic acids is 1. The number of rotatable bonds is 3. The fraction of sp³-hybridized carbons (Fsp3) is 0.684. The summed E-state index contributed by atoms with van der Waals surface area (Å²) in [5.74, 6) is 0.715. The second kappa shape index (κ2) is 8.68. The largest absolute Gasteiger partial charge is 0.371 e. The molecule has 26 heavy (non-hydrogen) atoms. The first-order valence-electron chi connectivity index (χ1n) is 9.86. The van der Waals surface area contributed by atoms with Gasteiger partial charge in [0.15, 0.2) is 0 Å². The molecule has 0 aliphatic carbocycles. The zero-order valence-electron chi connectivity index (χ0n) is 16.0. The molecule has 0 unspecified atom stereocenters. The van der Waals surface area contributed by atoms with E-state index in [4.69, 9.17) is 0 Å². The SMILES string of the molecule is CCN1CCN(CC)CCN(C(=O)c2cc(=O)[nH]c3c2CCCN3)CC1. The van der Waals surface area contributed by atoms with Crippen LogP contribution in [-0.4, -0.2) is 84.5 Å². The first-order chi connectivity index (χ1) is 12.6. The molecule has 7 nitrogen and oxygen atoms in total. The normalized spacial score (nSPS) is 19.8. The van der Waals surface area contributed by atoms with Crippen molar-refractivity contribution in [2.45, 2.75) is 26.7 Å². The van der Waals surface area contributed by atoms with Crippen molar-refractivity contribution in [3.8, 4) is 0 Å².